The molecule has 32 heavy (non-hydrogen) atoms. The molecular formula is C21H31N3O6S2. The van der Waals surface area contributed by atoms with E-state index in [9.17, 15) is 26.9 Å². The Balaban J connectivity index is 2.30. The average Bonchev–Trinajstić information content (AvgIpc) is 2.75. The molecule has 1 atom stereocenters. The van der Waals surface area contributed by atoms with Crippen molar-refractivity contribution < 1.29 is 21.8 Å². The minimum absolute atomic E-state index is 0.0963. The van der Waals surface area contributed by atoms with Gasteiger partial charge in [-0.15, -0.1) is 13.2 Å². The van der Waals surface area contributed by atoms with Crippen molar-refractivity contribution in [2.45, 2.75) is 56.0 Å². The highest BCUT2D eigenvalue weighted by molar-refractivity contribution is 7.90. The molecule has 2 rings (SSSR count). The third kappa shape index (κ3) is 6.25. The topological polar surface area (TPSA) is 118 Å². The molecular weight excluding hydrogens is 454 g/mol. The van der Waals surface area contributed by atoms with Gasteiger partial charge >= 0.3 is 0 Å². The summed E-state index contributed by atoms with van der Waals surface area (Å²) in [6.07, 6.45) is 7.48. The van der Waals surface area contributed by atoms with Gasteiger partial charge in [0.05, 0.1) is 15.6 Å². The SMILES string of the molecule is C=CCN(C1CCCCC1)S(=O)(=O)C[C@H](C)N(CC=C)S(=O)(=O)c1ccc([N+](=O)[O-])cc1. The molecule has 0 spiro atoms. The monoisotopic (exact) mass is 485 g/mol. The van der Waals surface area contributed by atoms with E-state index in [1.165, 1.54) is 17.3 Å². The van der Waals surface area contributed by atoms with E-state index in [2.05, 4.69) is 13.2 Å². The number of nitro groups is 1. The molecule has 1 saturated carbocycles. The molecule has 1 aromatic rings. The highest BCUT2D eigenvalue weighted by atomic mass is 32.2. The molecule has 1 aliphatic rings. The van der Waals surface area contributed by atoms with Crippen LogP contribution in [0.15, 0.2) is 54.5 Å². The highest BCUT2D eigenvalue weighted by Gasteiger charge is 2.36. The van der Waals surface area contributed by atoms with Gasteiger partial charge in [-0.05, 0) is 31.9 Å². The van der Waals surface area contributed by atoms with Crippen molar-refractivity contribution in [3.05, 3.63) is 59.7 Å². The molecule has 11 heteroatoms. The van der Waals surface area contributed by atoms with Gasteiger partial charge in [0, 0.05) is 37.3 Å². The van der Waals surface area contributed by atoms with Crippen LogP contribution < -0.4 is 0 Å². The fourth-order valence-corrected chi connectivity index (χ4v) is 7.66. The zero-order chi connectivity index (χ0) is 23.9. The van der Waals surface area contributed by atoms with Crippen molar-refractivity contribution in [1.82, 2.24) is 8.61 Å². The summed E-state index contributed by atoms with van der Waals surface area (Å²) >= 11 is 0. The lowest BCUT2D eigenvalue weighted by Crippen LogP contribution is -2.48. The van der Waals surface area contributed by atoms with Crippen LogP contribution in [0.2, 0.25) is 0 Å². The molecule has 1 aliphatic carbocycles. The van der Waals surface area contributed by atoms with E-state index in [0.717, 1.165) is 60.7 Å². The quantitative estimate of drug-likeness (QED) is 0.255. The van der Waals surface area contributed by atoms with Crippen molar-refractivity contribution in [2.24, 2.45) is 0 Å². The fourth-order valence-electron chi connectivity index (χ4n) is 3.99. The van der Waals surface area contributed by atoms with E-state index in [1.807, 2.05) is 0 Å². The summed E-state index contributed by atoms with van der Waals surface area (Å²) in [5, 5.41) is 10.9. The Morgan fingerprint density at radius 1 is 1.06 bits per heavy atom. The Morgan fingerprint density at radius 3 is 2.12 bits per heavy atom. The molecule has 0 unspecified atom stereocenters. The zero-order valence-electron chi connectivity index (χ0n) is 18.3. The maximum absolute atomic E-state index is 13.3. The largest absolute Gasteiger partial charge is 0.269 e. The van der Waals surface area contributed by atoms with Gasteiger partial charge in [-0.25, -0.2) is 16.8 Å². The molecule has 0 bridgehead atoms. The molecule has 0 saturated heterocycles. The van der Waals surface area contributed by atoms with Crippen LogP contribution in [0.4, 0.5) is 5.69 Å². The molecule has 1 aromatic carbocycles. The molecule has 0 N–H and O–H groups in total. The van der Waals surface area contributed by atoms with Crippen LogP contribution in [0.3, 0.4) is 0 Å². The van der Waals surface area contributed by atoms with Gasteiger partial charge in [0.25, 0.3) is 5.69 Å². The van der Waals surface area contributed by atoms with E-state index in [-0.39, 0.29) is 29.7 Å². The molecule has 1 fully saturated rings. The normalized spacial score (nSPS) is 16.7. The first-order valence-corrected chi connectivity index (χ1v) is 13.6. The van der Waals surface area contributed by atoms with Crippen molar-refractivity contribution in [1.29, 1.82) is 0 Å². The summed E-state index contributed by atoms with van der Waals surface area (Å²) in [6, 6.07) is 3.52. The van der Waals surface area contributed by atoms with Crippen molar-refractivity contribution >= 4 is 25.7 Å². The maximum Gasteiger partial charge on any atom is 0.269 e. The Hall–Kier alpha value is -2.08. The maximum atomic E-state index is 13.3. The average molecular weight is 486 g/mol. The highest BCUT2D eigenvalue weighted by Crippen LogP contribution is 2.27. The van der Waals surface area contributed by atoms with Crippen molar-refractivity contribution in [3.63, 3.8) is 0 Å². The van der Waals surface area contributed by atoms with Crippen LogP contribution in [-0.2, 0) is 20.0 Å². The van der Waals surface area contributed by atoms with Crippen molar-refractivity contribution in [3.8, 4) is 0 Å². The Morgan fingerprint density at radius 2 is 1.62 bits per heavy atom. The predicted octanol–water partition coefficient (Wildman–Crippen LogP) is 3.31. The van der Waals surface area contributed by atoms with Gasteiger partial charge in [0.1, 0.15) is 0 Å². The zero-order valence-corrected chi connectivity index (χ0v) is 19.9. The van der Waals surface area contributed by atoms with E-state index < -0.39 is 36.8 Å². The van der Waals surface area contributed by atoms with Crippen LogP contribution in [-0.4, -0.2) is 61.3 Å². The molecule has 0 amide bonds. The minimum Gasteiger partial charge on any atom is -0.258 e. The van der Waals surface area contributed by atoms with Crippen LogP contribution >= 0.6 is 0 Å². The second-order valence-electron chi connectivity index (χ2n) is 7.89. The first-order valence-electron chi connectivity index (χ1n) is 10.5. The third-order valence-corrected chi connectivity index (χ3v) is 9.61. The lowest BCUT2D eigenvalue weighted by molar-refractivity contribution is -0.384. The van der Waals surface area contributed by atoms with Crippen LogP contribution in [0, 0.1) is 10.1 Å². The van der Waals surface area contributed by atoms with Gasteiger partial charge in [0.15, 0.2) is 0 Å². The number of nitrogens with zero attached hydrogens (tertiary/aromatic N) is 3. The molecule has 0 radical (unpaired) electrons. The summed E-state index contributed by atoms with van der Waals surface area (Å²) in [5.74, 6) is -0.391. The van der Waals surface area contributed by atoms with Gasteiger partial charge in [-0.1, -0.05) is 31.4 Å². The van der Waals surface area contributed by atoms with Gasteiger partial charge in [-0.2, -0.15) is 8.61 Å². The number of benzene rings is 1. The van der Waals surface area contributed by atoms with Crippen molar-refractivity contribution in [2.75, 3.05) is 18.8 Å². The second-order valence-corrected chi connectivity index (χ2v) is 11.7. The predicted molar refractivity (Wildman–Crippen MR) is 124 cm³/mol. The van der Waals surface area contributed by atoms with Gasteiger partial charge < -0.3 is 0 Å². The molecule has 178 valence electrons. The Labute approximate surface area is 190 Å². The summed E-state index contributed by atoms with van der Waals surface area (Å²) in [4.78, 5) is 10.1. The summed E-state index contributed by atoms with van der Waals surface area (Å²) in [6.45, 7) is 8.89. The van der Waals surface area contributed by atoms with E-state index in [4.69, 9.17) is 0 Å². The third-order valence-electron chi connectivity index (χ3n) is 5.55. The number of sulfonamides is 2. The van der Waals surface area contributed by atoms with Crippen LogP contribution in [0.1, 0.15) is 39.0 Å². The smallest absolute Gasteiger partial charge is 0.258 e. The molecule has 0 heterocycles. The summed E-state index contributed by atoms with van der Waals surface area (Å²) in [5.41, 5.74) is -0.234. The minimum atomic E-state index is -4.10. The lowest BCUT2D eigenvalue weighted by atomic mass is 9.95. The molecule has 0 aliphatic heterocycles. The fraction of sp³-hybridized carbons (Fsp3) is 0.524. The number of hydrogen-bond acceptors (Lipinski definition) is 6. The number of non-ortho nitro benzene ring substituents is 1. The Bertz CT molecular complexity index is 1020. The van der Waals surface area contributed by atoms with E-state index in [0.29, 0.717) is 0 Å². The first kappa shape index (κ1) is 26.2. The summed E-state index contributed by atoms with van der Waals surface area (Å²) in [7, 11) is -7.88. The van der Waals surface area contributed by atoms with Gasteiger partial charge in [0.2, 0.25) is 20.0 Å². The number of rotatable bonds is 12. The van der Waals surface area contributed by atoms with Crippen LogP contribution in [0.25, 0.3) is 0 Å². The number of nitro benzene ring substituents is 1. The van der Waals surface area contributed by atoms with Gasteiger partial charge in [-0.3, -0.25) is 10.1 Å². The second kappa shape index (κ2) is 11.2. The number of hydrogen-bond donors (Lipinski definition) is 0. The Kier molecular flexibility index (Phi) is 9.14. The standard InChI is InChI=1S/C21H31N3O6S2/c1-4-15-22(32(29,30)21-13-11-20(12-14-21)24(25)26)18(3)17-31(27,28)23(16-5-2)19-9-7-6-8-10-19/h4-5,11-14,18-19H,1-2,6-10,15-17H2,3H3/t18-/m0/s1. The summed E-state index contributed by atoms with van der Waals surface area (Å²) < 4.78 is 55.5. The van der Waals surface area contributed by atoms with E-state index in [1.54, 1.807) is 6.08 Å². The van der Waals surface area contributed by atoms with Crippen LogP contribution in [0.5, 0.6) is 0 Å². The molecule has 0 aromatic heterocycles. The molecule has 9 nitrogen and oxygen atoms in total. The van der Waals surface area contributed by atoms with E-state index >= 15 is 0 Å². The first-order chi connectivity index (χ1) is 15.0. The lowest BCUT2D eigenvalue weighted by Gasteiger charge is -2.35.